The third-order valence-corrected chi connectivity index (χ3v) is 6.39. The molecule has 0 saturated heterocycles. The normalized spacial score (nSPS) is 16.5. The molecule has 32 heavy (non-hydrogen) atoms. The lowest BCUT2D eigenvalue weighted by Gasteiger charge is -2.29. The number of hydrogen-bond donors (Lipinski definition) is 2. The predicted octanol–water partition coefficient (Wildman–Crippen LogP) is 3.13. The van der Waals surface area contributed by atoms with Gasteiger partial charge in [0.25, 0.3) is 11.5 Å². The molecule has 1 aromatic carbocycles. The van der Waals surface area contributed by atoms with E-state index in [0.717, 1.165) is 30.6 Å². The second kappa shape index (κ2) is 7.58. The van der Waals surface area contributed by atoms with E-state index in [-0.39, 0.29) is 23.3 Å². The highest BCUT2D eigenvalue weighted by molar-refractivity contribution is 6.02. The molecule has 0 radical (unpaired) electrons. The van der Waals surface area contributed by atoms with E-state index in [4.69, 9.17) is 5.10 Å². The summed E-state index contributed by atoms with van der Waals surface area (Å²) in [6, 6.07) is 11.4. The third-order valence-electron chi connectivity index (χ3n) is 6.39. The summed E-state index contributed by atoms with van der Waals surface area (Å²) in [5.74, 6) is -0.534. The number of amides is 1. The molecular weight excluding hydrogens is 404 g/mol. The number of Topliss-reactive ketones (excluding diaryl/α,β-unsaturated/α-hetero) is 1. The molecule has 2 heterocycles. The molecular formula is C25H26N4O3. The predicted molar refractivity (Wildman–Crippen MR) is 120 cm³/mol. The molecule has 7 heteroatoms. The van der Waals surface area contributed by atoms with Crippen molar-refractivity contribution >= 4 is 11.7 Å². The van der Waals surface area contributed by atoms with E-state index in [1.807, 2.05) is 48.9 Å². The number of carbonyl (C=O) groups is 2. The van der Waals surface area contributed by atoms with E-state index < -0.39 is 11.5 Å². The molecule has 0 bridgehead atoms. The first-order valence-electron chi connectivity index (χ1n) is 11.0. The maximum atomic E-state index is 12.9. The molecule has 0 aliphatic heterocycles. The van der Waals surface area contributed by atoms with Crippen LogP contribution in [-0.2, 0) is 25.8 Å². The zero-order chi connectivity index (χ0) is 22.5. The van der Waals surface area contributed by atoms with Gasteiger partial charge in [0, 0.05) is 23.4 Å². The van der Waals surface area contributed by atoms with Gasteiger partial charge in [-0.05, 0) is 54.9 Å². The second-order valence-electron chi connectivity index (χ2n) is 9.50. The van der Waals surface area contributed by atoms with Gasteiger partial charge >= 0.3 is 0 Å². The van der Waals surface area contributed by atoms with Crippen LogP contribution in [0.5, 0.6) is 0 Å². The highest BCUT2D eigenvalue weighted by Crippen LogP contribution is 2.33. The number of fused-ring (bicyclic) bond motifs is 2. The Morgan fingerprint density at radius 2 is 1.94 bits per heavy atom. The quantitative estimate of drug-likeness (QED) is 0.665. The smallest absolute Gasteiger partial charge is 0.261 e. The van der Waals surface area contributed by atoms with Crippen LogP contribution in [0.3, 0.4) is 0 Å². The molecule has 2 aliphatic carbocycles. The number of carbonyl (C=O) groups excluding carboxylic acids is 2. The van der Waals surface area contributed by atoms with E-state index in [9.17, 15) is 14.4 Å². The highest BCUT2D eigenvalue weighted by atomic mass is 16.2. The van der Waals surface area contributed by atoms with Crippen LogP contribution in [0.1, 0.15) is 70.1 Å². The number of para-hydroxylation sites is 1. The van der Waals surface area contributed by atoms with Gasteiger partial charge in [0.1, 0.15) is 5.56 Å². The SMILES string of the molecule is CC1(C)CC(=O)c2cc(C(=O)NCc3nn(-c4ccccc4)c4c3CCC4)c(=O)[nH]c2C1. The third kappa shape index (κ3) is 3.57. The van der Waals surface area contributed by atoms with Gasteiger partial charge in [-0.3, -0.25) is 14.4 Å². The zero-order valence-electron chi connectivity index (χ0n) is 18.3. The summed E-state index contributed by atoms with van der Waals surface area (Å²) in [7, 11) is 0. The number of nitrogens with one attached hydrogen (secondary N) is 2. The molecule has 0 unspecified atom stereocenters. The van der Waals surface area contributed by atoms with Crippen molar-refractivity contribution in [3.8, 4) is 5.69 Å². The van der Waals surface area contributed by atoms with Gasteiger partial charge in [0.2, 0.25) is 0 Å². The lowest BCUT2D eigenvalue weighted by molar-refractivity contribution is 0.0910. The Kier molecular flexibility index (Phi) is 4.84. The molecule has 0 saturated carbocycles. The van der Waals surface area contributed by atoms with Gasteiger partial charge in [0.15, 0.2) is 5.78 Å². The number of rotatable bonds is 4. The zero-order valence-corrected chi connectivity index (χ0v) is 18.3. The fourth-order valence-electron chi connectivity index (χ4n) is 4.89. The molecule has 2 N–H and O–H groups in total. The van der Waals surface area contributed by atoms with Gasteiger partial charge in [-0.15, -0.1) is 0 Å². The molecule has 5 rings (SSSR count). The fraction of sp³-hybridized carbons (Fsp3) is 0.360. The van der Waals surface area contributed by atoms with Gasteiger partial charge < -0.3 is 10.3 Å². The van der Waals surface area contributed by atoms with Crippen molar-refractivity contribution < 1.29 is 9.59 Å². The number of aromatic amines is 1. The average molecular weight is 431 g/mol. The van der Waals surface area contributed by atoms with Gasteiger partial charge in [-0.2, -0.15) is 5.10 Å². The molecule has 0 atom stereocenters. The van der Waals surface area contributed by atoms with Crippen LogP contribution in [-0.4, -0.2) is 26.5 Å². The molecule has 164 valence electrons. The standard InChI is InChI=1S/C25H26N4O3/c1-25(2)12-19-17(22(30)13-25)11-18(24(32)27-19)23(31)26-14-20-16-9-6-10-21(16)29(28-20)15-7-4-3-5-8-15/h3-5,7-8,11H,6,9-10,12-14H2,1-2H3,(H,26,31)(H,27,32). The second-order valence-corrected chi connectivity index (χ2v) is 9.50. The number of aromatic nitrogens is 3. The van der Waals surface area contributed by atoms with Crippen molar-refractivity contribution in [3.63, 3.8) is 0 Å². The van der Waals surface area contributed by atoms with Crippen molar-refractivity contribution in [2.24, 2.45) is 5.41 Å². The van der Waals surface area contributed by atoms with Gasteiger partial charge in [0.05, 0.1) is 17.9 Å². The minimum Gasteiger partial charge on any atom is -0.346 e. The van der Waals surface area contributed by atoms with Gasteiger partial charge in [-0.25, -0.2) is 4.68 Å². The summed E-state index contributed by atoms with van der Waals surface area (Å²) < 4.78 is 1.95. The van der Waals surface area contributed by atoms with Crippen LogP contribution in [0.15, 0.2) is 41.2 Å². The summed E-state index contributed by atoms with van der Waals surface area (Å²) in [5, 5.41) is 7.59. The van der Waals surface area contributed by atoms with Crippen molar-refractivity contribution in [2.75, 3.05) is 0 Å². The van der Waals surface area contributed by atoms with E-state index in [1.165, 1.54) is 17.3 Å². The first-order valence-corrected chi connectivity index (χ1v) is 11.0. The van der Waals surface area contributed by atoms with E-state index in [2.05, 4.69) is 10.3 Å². The lowest BCUT2D eigenvalue weighted by Crippen LogP contribution is -2.34. The summed E-state index contributed by atoms with van der Waals surface area (Å²) in [4.78, 5) is 40.8. The summed E-state index contributed by atoms with van der Waals surface area (Å²) >= 11 is 0. The highest BCUT2D eigenvalue weighted by Gasteiger charge is 2.33. The van der Waals surface area contributed by atoms with Crippen LogP contribution in [0.4, 0.5) is 0 Å². The number of H-pyrrole nitrogens is 1. The van der Waals surface area contributed by atoms with Crippen LogP contribution in [0.2, 0.25) is 0 Å². The van der Waals surface area contributed by atoms with Crippen molar-refractivity contribution in [2.45, 2.75) is 52.5 Å². The molecule has 1 amide bonds. The first-order chi connectivity index (χ1) is 15.3. The number of pyridine rings is 1. The molecule has 2 aromatic heterocycles. The first kappa shape index (κ1) is 20.4. The fourth-order valence-corrected chi connectivity index (χ4v) is 4.89. The van der Waals surface area contributed by atoms with Crippen LogP contribution < -0.4 is 10.9 Å². The molecule has 0 spiro atoms. The minimum atomic E-state index is -0.493. The Morgan fingerprint density at radius 3 is 2.72 bits per heavy atom. The molecule has 7 nitrogen and oxygen atoms in total. The molecule has 2 aliphatic rings. The Bertz CT molecular complexity index is 1280. The molecule has 0 fully saturated rings. The Labute approximate surface area is 185 Å². The Hall–Kier alpha value is -3.48. The van der Waals surface area contributed by atoms with Crippen LogP contribution in [0, 0.1) is 5.41 Å². The van der Waals surface area contributed by atoms with E-state index in [1.54, 1.807) is 0 Å². The monoisotopic (exact) mass is 430 g/mol. The van der Waals surface area contributed by atoms with Crippen molar-refractivity contribution in [1.29, 1.82) is 0 Å². The van der Waals surface area contributed by atoms with Crippen LogP contribution >= 0.6 is 0 Å². The van der Waals surface area contributed by atoms with Crippen molar-refractivity contribution in [3.05, 3.63) is 80.5 Å². The summed E-state index contributed by atoms with van der Waals surface area (Å²) in [6.07, 6.45) is 3.94. The van der Waals surface area contributed by atoms with Gasteiger partial charge in [-0.1, -0.05) is 32.0 Å². The van der Waals surface area contributed by atoms with E-state index in [0.29, 0.717) is 24.1 Å². The summed E-state index contributed by atoms with van der Waals surface area (Å²) in [5.41, 5.74) is 4.54. The largest absolute Gasteiger partial charge is 0.346 e. The number of ketones is 1. The number of hydrogen-bond acceptors (Lipinski definition) is 4. The minimum absolute atomic E-state index is 0.0315. The summed E-state index contributed by atoms with van der Waals surface area (Å²) in [6.45, 7) is 4.23. The average Bonchev–Trinajstić information content (AvgIpc) is 3.34. The van der Waals surface area contributed by atoms with Crippen molar-refractivity contribution in [1.82, 2.24) is 20.1 Å². The van der Waals surface area contributed by atoms with E-state index >= 15 is 0 Å². The maximum Gasteiger partial charge on any atom is 0.261 e. The Morgan fingerprint density at radius 1 is 1.16 bits per heavy atom. The molecule has 3 aromatic rings. The Balaban J connectivity index is 1.39. The topological polar surface area (TPSA) is 96.8 Å². The number of benzene rings is 1. The van der Waals surface area contributed by atoms with Crippen LogP contribution in [0.25, 0.3) is 5.69 Å². The lowest BCUT2D eigenvalue weighted by atomic mass is 9.75. The maximum absolute atomic E-state index is 12.9. The number of nitrogens with zero attached hydrogens (tertiary/aromatic N) is 2.